The van der Waals surface area contributed by atoms with Crippen LogP contribution < -0.4 is 11.5 Å². The van der Waals surface area contributed by atoms with Crippen molar-refractivity contribution >= 4 is 6.29 Å². The van der Waals surface area contributed by atoms with Crippen LogP contribution in [-0.2, 0) is 4.79 Å². The van der Waals surface area contributed by atoms with E-state index in [0.29, 0.717) is 6.42 Å². The fourth-order valence-electron chi connectivity index (χ4n) is 0.937. The minimum absolute atomic E-state index is 0.00488. The molecule has 1 unspecified atom stereocenters. The van der Waals surface area contributed by atoms with E-state index in [2.05, 4.69) is 0 Å². The van der Waals surface area contributed by atoms with Crippen molar-refractivity contribution in [3.05, 3.63) is 0 Å². The summed E-state index contributed by atoms with van der Waals surface area (Å²) in [5, 5.41) is 0. The van der Waals surface area contributed by atoms with Crippen molar-refractivity contribution in [3.63, 3.8) is 0 Å². The number of carbonyl (C=O) groups excluding carboxylic acids is 1. The third kappa shape index (κ3) is 7.49. The molecule has 0 aromatic carbocycles. The molecule has 0 spiro atoms. The first kappa shape index (κ1) is 10.6. The van der Waals surface area contributed by atoms with E-state index in [1.165, 1.54) is 0 Å². The summed E-state index contributed by atoms with van der Waals surface area (Å²) in [4.78, 5) is 9.88. The van der Waals surface area contributed by atoms with Gasteiger partial charge in [-0.15, -0.1) is 0 Å². The number of nitrogens with two attached hydrogens (primary N) is 2. The third-order valence-corrected chi connectivity index (χ3v) is 1.62. The highest BCUT2D eigenvalue weighted by molar-refractivity contribution is 5.51. The number of unbranched alkanes of at least 4 members (excludes halogenated alkanes) is 2. The first-order chi connectivity index (χ1) is 5.31. The maximum Gasteiger partial charge on any atom is 0.199 e. The molecule has 0 bridgehead atoms. The Morgan fingerprint density at radius 2 is 2.00 bits per heavy atom. The summed E-state index contributed by atoms with van der Waals surface area (Å²) >= 11 is 0. The minimum Gasteiger partial charge on any atom is -0.330 e. The van der Waals surface area contributed by atoms with Gasteiger partial charge >= 0.3 is 0 Å². The van der Waals surface area contributed by atoms with Crippen molar-refractivity contribution in [2.45, 2.75) is 38.1 Å². The predicted octanol–water partition coefficient (Wildman–Crippen LogP) is 0.333. The van der Waals surface area contributed by atoms with E-state index in [0.717, 1.165) is 32.2 Å². The lowest BCUT2D eigenvalue weighted by molar-refractivity contribution is 0.520. The van der Waals surface area contributed by atoms with Crippen LogP contribution >= 0.6 is 0 Å². The van der Waals surface area contributed by atoms with Gasteiger partial charge in [0.05, 0.1) is 0 Å². The van der Waals surface area contributed by atoms with Gasteiger partial charge in [0.1, 0.15) is 0 Å². The Morgan fingerprint density at radius 3 is 2.55 bits per heavy atom. The van der Waals surface area contributed by atoms with Gasteiger partial charge in [0.2, 0.25) is 0 Å². The van der Waals surface area contributed by atoms with Crippen LogP contribution in [0.2, 0.25) is 0 Å². The molecule has 1 radical (unpaired) electrons. The van der Waals surface area contributed by atoms with Crippen LogP contribution in [0.3, 0.4) is 0 Å². The smallest absolute Gasteiger partial charge is 0.199 e. The SMILES string of the molecule is NCCCCCC(N)C[C]=O. The molecule has 11 heavy (non-hydrogen) atoms. The summed E-state index contributed by atoms with van der Waals surface area (Å²) in [6.07, 6.45) is 6.32. The van der Waals surface area contributed by atoms with Gasteiger partial charge in [0.15, 0.2) is 6.29 Å². The van der Waals surface area contributed by atoms with Crippen LogP contribution in [0.15, 0.2) is 0 Å². The molecular weight excluding hydrogens is 140 g/mol. The fraction of sp³-hybridized carbons (Fsp3) is 0.875. The first-order valence-corrected chi connectivity index (χ1v) is 4.12. The van der Waals surface area contributed by atoms with E-state index in [1.54, 1.807) is 0 Å². The van der Waals surface area contributed by atoms with Crippen LogP contribution in [0.4, 0.5) is 0 Å². The highest BCUT2D eigenvalue weighted by Gasteiger charge is 2.00. The Bertz CT molecular complexity index is 96.1. The van der Waals surface area contributed by atoms with Crippen molar-refractivity contribution in [2.24, 2.45) is 11.5 Å². The third-order valence-electron chi connectivity index (χ3n) is 1.62. The molecule has 0 aliphatic rings. The summed E-state index contributed by atoms with van der Waals surface area (Å²) in [5.41, 5.74) is 10.9. The van der Waals surface area contributed by atoms with E-state index >= 15 is 0 Å². The van der Waals surface area contributed by atoms with Crippen molar-refractivity contribution in [1.29, 1.82) is 0 Å². The Balaban J connectivity index is 3.03. The predicted molar refractivity (Wildman–Crippen MR) is 45.8 cm³/mol. The molecule has 0 amide bonds. The van der Waals surface area contributed by atoms with Crippen LogP contribution in [0, 0.1) is 0 Å². The van der Waals surface area contributed by atoms with Crippen molar-refractivity contribution in [1.82, 2.24) is 0 Å². The Kier molecular flexibility index (Phi) is 7.41. The lowest BCUT2D eigenvalue weighted by atomic mass is 10.1. The molecule has 0 heterocycles. The number of rotatable bonds is 7. The highest BCUT2D eigenvalue weighted by Crippen LogP contribution is 2.02. The molecular formula is C8H17N2O. The average Bonchev–Trinajstić information content (AvgIpc) is 1.99. The maximum absolute atomic E-state index is 9.88. The molecule has 4 N–H and O–H groups in total. The van der Waals surface area contributed by atoms with E-state index in [1.807, 2.05) is 6.29 Å². The monoisotopic (exact) mass is 157 g/mol. The summed E-state index contributed by atoms with van der Waals surface area (Å²) in [6, 6.07) is 0.00488. The molecule has 0 saturated carbocycles. The normalized spacial score (nSPS) is 12.9. The molecule has 0 rings (SSSR count). The molecule has 0 saturated heterocycles. The Labute approximate surface area is 68.1 Å². The standard InChI is InChI=1S/C8H17N2O/c9-6-3-1-2-4-8(10)5-7-11/h8H,1-6,9-10H2. The largest absolute Gasteiger partial charge is 0.330 e. The number of hydrogen-bond donors (Lipinski definition) is 2. The average molecular weight is 157 g/mol. The summed E-state index contributed by atoms with van der Waals surface area (Å²) in [6.45, 7) is 0.745. The Hall–Kier alpha value is -0.410. The second-order valence-corrected chi connectivity index (χ2v) is 2.75. The molecule has 0 aromatic heterocycles. The summed E-state index contributed by atoms with van der Waals surface area (Å²) in [7, 11) is 0. The maximum atomic E-state index is 9.88. The zero-order chi connectivity index (χ0) is 8.53. The molecule has 1 atom stereocenters. The van der Waals surface area contributed by atoms with Gasteiger partial charge in [0, 0.05) is 12.5 Å². The van der Waals surface area contributed by atoms with Crippen LogP contribution in [0.1, 0.15) is 32.1 Å². The second kappa shape index (κ2) is 7.69. The molecule has 3 heteroatoms. The van der Waals surface area contributed by atoms with Gasteiger partial charge in [0.25, 0.3) is 0 Å². The van der Waals surface area contributed by atoms with E-state index in [-0.39, 0.29) is 6.04 Å². The molecule has 0 aliphatic heterocycles. The van der Waals surface area contributed by atoms with Gasteiger partial charge in [-0.2, -0.15) is 0 Å². The second-order valence-electron chi connectivity index (χ2n) is 2.75. The van der Waals surface area contributed by atoms with Gasteiger partial charge in [-0.25, -0.2) is 0 Å². The Morgan fingerprint density at radius 1 is 1.27 bits per heavy atom. The van der Waals surface area contributed by atoms with Crippen LogP contribution in [-0.4, -0.2) is 18.9 Å². The zero-order valence-corrected chi connectivity index (χ0v) is 6.88. The van der Waals surface area contributed by atoms with Gasteiger partial charge in [-0.3, -0.25) is 4.79 Å². The lowest BCUT2D eigenvalue weighted by Gasteiger charge is -2.05. The molecule has 0 aromatic rings. The summed E-state index contributed by atoms with van der Waals surface area (Å²) < 4.78 is 0. The van der Waals surface area contributed by atoms with Crippen molar-refractivity contribution in [3.8, 4) is 0 Å². The molecule has 0 fully saturated rings. The molecule has 3 nitrogen and oxygen atoms in total. The van der Waals surface area contributed by atoms with Gasteiger partial charge in [-0.05, 0) is 19.4 Å². The van der Waals surface area contributed by atoms with Gasteiger partial charge in [-0.1, -0.05) is 12.8 Å². The van der Waals surface area contributed by atoms with Gasteiger partial charge < -0.3 is 11.5 Å². The topological polar surface area (TPSA) is 69.1 Å². The van der Waals surface area contributed by atoms with Crippen LogP contribution in [0.5, 0.6) is 0 Å². The quantitative estimate of drug-likeness (QED) is 0.523. The van der Waals surface area contributed by atoms with Crippen molar-refractivity contribution in [2.75, 3.05) is 6.54 Å². The molecule has 65 valence electrons. The zero-order valence-electron chi connectivity index (χ0n) is 6.88. The summed E-state index contributed by atoms with van der Waals surface area (Å²) in [5.74, 6) is 0. The van der Waals surface area contributed by atoms with E-state index in [9.17, 15) is 4.79 Å². The van der Waals surface area contributed by atoms with E-state index < -0.39 is 0 Å². The molecule has 0 aliphatic carbocycles. The first-order valence-electron chi connectivity index (χ1n) is 4.12. The fourth-order valence-corrected chi connectivity index (χ4v) is 0.937. The lowest BCUT2D eigenvalue weighted by Crippen LogP contribution is -2.19. The van der Waals surface area contributed by atoms with Crippen molar-refractivity contribution < 1.29 is 4.79 Å². The number of hydrogen-bond acceptors (Lipinski definition) is 3. The van der Waals surface area contributed by atoms with E-state index in [4.69, 9.17) is 11.5 Å². The van der Waals surface area contributed by atoms with Crippen LogP contribution in [0.25, 0.3) is 0 Å². The highest BCUT2D eigenvalue weighted by atomic mass is 16.1. The minimum atomic E-state index is 0.00488.